The number of hydrogen-bond acceptors (Lipinski definition) is 7. The maximum Gasteiger partial charge on any atom is 0.317 e. The Morgan fingerprint density at radius 3 is 2.86 bits per heavy atom. The summed E-state index contributed by atoms with van der Waals surface area (Å²) in [7, 11) is 0. The summed E-state index contributed by atoms with van der Waals surface area (Å²) in [5.41, 5.74) is 4.62. The van der Waals surface area contributed by atoms with E-state index in [0.717, 1.165) is 52.4 Å². The van der Waals surface area contributed by atoms with Crippen molar-refractivity contribution in [1.82, 2.24) is 20.4 Å². The van der Waals surface area contributed by atoms with E-state index in [0.29, 0.717) is 24.4 Å². The molecule has 0 saturated carbocycles. The van der Waals surface area contributed by atoms with Gasteiger partial charge in [0.25, 0.3) is 0 Å². The molecule has 0 unspecified atom stereocenters. The first-order valence-electron chi connectivity index (χ1n) is 12.3. The van der Waals surface area contributed by atoms with Crippen LogP contribution in [0.4, 0.5) is 4.79 Å². The van der Waals surface area contributed by atoms with Crippen LogP contribution in [0.15, 0.2) is 36.4 Å². The van der Waals surface area contributed by atoms with Crippen LogP contribution in [-0.4, -0.2) is 51.5 Å². The van der Waals surface area contributed by atoms with Crippen molar-refractivity contribution in [2.24, 2.45) is 0 Å². The normalized spacial score (nSPS) is 19.1. The van der Waals surface area contributed by atoms with E-state index in [9.17, 15) is 15.2 Å². The maximum atomic E-state index is 12.8. The quantitative estimate of drug-likeness (QED) is 0.523. The van der Waals surface area contributed by atoms with Crippen LogP contribution in [0.1, 0.15) is 55.8 Å². The van der Waals surface area contributed by atoms with Crippen molar-refractivity contribution < 1.29 is 14.6 Å². The number of nitriles is 1. The number of β-amino-alcohol motifs (C(OH)–C–C–N with tert-alkyl or cyclic N) is 1. The fourth-order valence-corrected chi connectivity index (χ4v) is 5.83. The largest absolute Gasteiger partial charge is 0.490 e. The SMILES string of the molecule is CC(C)Oc1ccc(-c2nnc(-c3cccc4c3CC[C@@H]4NC(=O)N3CCC[C@@H](O)C3)s2)cc1C#N. The molecule has 3 aromatic rings. The summed E-state index contributed by atoms with van der Waals surface area (Å²) in [5.74, 6) is 0.564. The van der Waals surface area contributed by atoms with Gasteiger partial charge in [-0.15, -0.1) is 10.2 Å². The summed E-state index contributed by atoms with van der Waals surface area (Å²) in [4.78, 5) is 14.5. The van der Waals surface area contributed by atoms with Gasteiger partial charge in [-0.25, -0.2) is 4.79 Å². The Hall–Kier alpha value is -3.48. The molecule has 2 atom stereocenters. The molecule has 1 aliphatic heterocycles. The van der Waals surface area contributed by atoms with E-state index in [1.54, 1.807) is 11.0 Å². The molecule has 2 aliphatic rings. The first-order chi connectivity index (χ1) is 17.4. The van der Waals surface area contributed by atoms with E-state index < -0.39 is 6.10 Å². The Labute approximate surface area is 214 Å². The van der Waals surface area contributed by atoms with Gasteiger partial charge in [0, 0.05) is 24.2 Å². The highest BCUT2D eigenvalue weighted by Crippen LogP contribution is 2.40. The lowest BCUT2D eigenvalue weighted by molar-refractivity contribution is 0.0833. The van der Waals surface area contributed by atoms with Crippen molar-refractivity contribution in [1.29, 1.82) is 5.26 Å². The minimum atomic E-state index is -0.443. The average Bonchev–Trinajstić information content (AvgIpc) is 3.52. The fourth-order valence-electron chi connectivity index (χ4n) is 4.94. The first-order valence-corrected chi connectivity index (χ1v) is 13.1. The number of amides is 2. The van der Waals surface area contributed by atoms with Gasteiger partial charge in [0.1, 0.15) is 21.8 Å². The summed E-state index contributed by atoms with van der Waals surface area (Å²) in [6.07, 6.45) is 2.77. The molecule has 0 bridgehead atoms. The van der Waals surface area contributed by atoms with Crippen molar-refractivity contribution in [3.8, 4) is 33.0 Å². The molecule has 8 nitrogen and oxygen atoms in total. The predicted octanol–water partition coefficient (Wildman–Crippen LogP) is 4.68. The number of hydrogen-bond donors (Lipinski definition) is 2. The molecule has 2 amide bonds. The molecule has 2 N–H and O–H groups in total. The van der Waals surface area contributed by atoms with Gasteiger partial charge < -0.3 is 20.1 Å². The molecule has 9 heteroatoms. The molecule has 1 aromatic heterocycles. The molecule has 0 spiro atoms. The monoisotopic (exact) mass is 503 g/mol. The summed E-state index contributed by atoms with van der Waals surface area (Å²) in [6.45, 7) is 4.92. The predicted molar refractivity (Wildman–Crippen MR) is 138 cm³/mol. The number of aliphatic hydroxyl groups is 1. The van der Waals surface area contributed by atoms with Gasteiger partial charge in [-0.2, -0.15) is 5.26 Å². The zero-order valence-electron chi connectivity index (χ0n) is 20.4. The van der Waals surface area contributed by atoms with Gasteiger partial charge in [-0.1, -0.05) is 29.5 Å². The van der Waals surface area contributed by atoms with E-state index in [2.05, 4.69) is 33.7 Å². The summed E-state index contributed by atoms with van der Waals surface area (Å²) in [5, 5.41) is 33.1. The van der Waals surface area contributed by atoms with Gasteiger partial charge in [-0.05, 0) is 68.9 Å². The number of nitrogens with zero attached hydrogens (tertiary/aromatic N) is 4. The van der Waals surface area contributed by atoms with E-state index in [1.807, 2.05) is 32.0 Å². The summed E-state index contributed by atoms with van der Waals surface area (Å²) < 4.78 is 5.73. The number of rotatable bonds is 5. The number of benzene rings is 2. The lowest BCUT2D eigenvalue weighted by Crippen LogP contribution is -2.47. The average molecular weight is 504 g/mol. The van der Waals surface area contributed by atoms with Gasteiger partial charge in [0.2, 0.25) is 0 Å². The number of carbonyl (C=O) groups is 1. The van der Waals surface area contributed by atoms with Crippen LogP contribution in [-0.2, 0) is 6.42 Å². The molecule has 36 heavy (non-hydrogen) atoms. The molecule has 186 valence electrons. The van der Waals surface area contributed by atoms with Gasteiger partial charge >= 0.3 is 6.03 Å². The van der Waals surface area contributed by atoms with Crippen LogP contribution in [0, 0.1) is 11.3 Å². The molecule has 1 saturated heterocycles. The van der Waals surface area contributed by atoms with Gasteiger partial charge in [-0.3, -0.25) is 0 Å². The number of nitrogens with one attached hydrogen (secondary N) is 1. The minimum absolute atomic E-state index is 0.0173. The Kier molecular flexibility index (Phi) is 6.90. The van der Waals surface area contributed by atoms with Crippen LogP contribution in [0.2, 0.25) is 0 Å². The highest BCUT2D eigenvalue weighted by Gasteiger charge is 2.30. The van der Waals surface area contributed by atoms with Gasteiger partial charge in [0.15, 0.2) is 0 Å². The Bertz CT molecular complexity index is 1310. The topological polar surface area (TPSA) is 111 Å². The van der Waals surface area contributed by atoms with E-state index in [-0.39, 0.29) is 18.2 Å². The highest BCUT2D eigenvalue weighted by molar-refractivity contribution is 7.17. The van der Waals surface area contributed by atoms with E-state index in [4.69, 9.17) is 4.74 Å². The smallest absolute Gasteiger partial charge is 0.317 e. The van der Waals surface area contributed by atoms with Crippen LogP contribution in [0.5, 0.6) is 5.75 Å². The zero-order valence-corrected chi connectivity index (χ0v) is 21.2. The molecule has 2 aromatic carbocycles. The fraction of sp³-hybridized carbons (Fsp3) is 0.407. The van der Waals surface area contributed by atoms with E-state index in [1.165, 1.54) is 16.9 Å². The van der Waals surface area contributed by atoms with Crippen molar-refractivity contribution >= 4 is 17.4 Å². The molecule has 5 rings (SSSR count). The Balaban J connectivity index is 1.36. The number of aliphatic hydroxyl groups excluding tert-OH is 1. The number of piperidine rings is 1. The summed E-state index contributed by atoms with van der Waals surface area (Å²) in [6, 6.07) is 13.6. The number of ether oxygens (including phenoxy) is 1. The van der Waals surface area contributed by atoms with Crippen LogP contribution >= 0.6 is 11.3 Å². The number of urea groups is 1. The Morgan fingerprint density at radius 1 is 1.25 bits per heavy atom. The molecular weight excluding hydrogens is 474 g/mol. The Morgan fingerprint density at radius 2 is 2.08 bits per heavy atom. The third-order valence-electron chi connectivity index (χ3n) is 6.62. The lowest BCUT2D eigenvalue weighted by atomic mass is 10.0. The first kappa shape index (κ1) is 24.2. The minimum Gasteiger partial charge on any atom is -0.490 e. The third-order valence-corrected chi connectivity index (χ3v) is 7.62. The molecule has 2 heterocycles. The second-order valence-electron chi connectivity index (χ2n) is 9.56. The zero-order chi connectivity index (χ0) is 25.2. The standard InChI is InChI=1S/C27H29N5O3S/c1-16(2)35-24-11-8-17(13-18(24)14-28)25-30-31-26(36-25)22-7-3-6-21-20(22)9-10-23(21)29-27(34)32-12-4-5-19(33)15-32/h3,6-8,11,13,16,19,23,33H,4-5,9-10,12,15H2,1-2H3,(H,29,34)/t19-,23+/m1/s1. The molecule has 1 fully saturated rings. The van der Waals surface area contributed by atoms with Crippen LogP contribution in [0.25, 0.3) is 21.1 Å². The number of fused-ring (bicyclic) bond motifs is 1. The van der Waals surface area contributed by atoms with Crippen molar-refractivity contribution in [3.63, 3.8) is 0 Å². The van der Waals surface area contributed by atoms with Crippen molar-refractivity contribution in [3.05, 3.63) is 53.1 Å². The van der Waals surface area contributed by atoms with Gasteiger partial charge in [0.05, 0.1) is 23.8 Å². The lowest BCUT2D eigenvalue weighted by Gasteiger charge is -2.31. The molecular formula is C27H29N5O3S. The number of carbonyl (C=O) groups excluding carboxylic acids is 1. The third kappa shape index (κ3) is 4.92. The second-order valence-corrected chi connectivity index (χ2v) is 10.5. The molecule has 0 radical (unpaired) electrons. The number of likely N-dealkylation sites (tertiary alicyclic amines) is 1. The highest BCUT2D eigenvalue weighted by atomic mass is 32.1. The van der Waals surface area contributed by atoms with Crippen LogP contribution in [0.3, 0.4) is 0 Å². The second kappa shape index (κ2) is 10.2. The molecule has 1 aliphatic carbocycles. The van der Waals surface area contributed by atoms with Crippen LogP contribution < -0.4 is 10.1 Å². The van der Waals surface area contributed by atoms with Crippen molar-refractivity contribution in [2.75, 3.05) is 13.1 Å². The summed E-state index contributed by atoms with van der Waals surface area (Å²) >= 11 is 1.49. The van der Waals surface area contributed by atoms with E-state index >= 15 is 0 Å². The number of aromatic nitrogens is 2. The maximum absolute atomic E-state index is 12.8. The van der Waals surface area contributed by atoms with Crippen molar-refractivity contribution in [2.45, 2.75) is 57.8 Å².